The molecule has 0 spiro atoms. The predicted octanol–water partition coefficient (Wildman–Crippen LogP) is 1.25. The lowest BCUT2D eigenvalue weighted by molar-refractivity contribution is -0.316. The molecule has 102 valence electrons. The molecule has 0 fully saturated rings. The molecule has 1 heterocycles. The third kappa shape index (κ3) is 4.09. The molecule has 6 heteroatoms. The molecule has 0 aliphatic heterocycles. The highest BCUT2D eigenvalue weighted by Crippen LogP contribution is 2.28. The molecule has 2 rings (SSSR count). The fourth-order valence-electron chi connectivity index (χ4n) is 1.63. The minimum atomic E-state index is -2.75. The van der Waals surface area contributed by atoms with Crippen LogP contribution in [0.1, 0.15) is 24.6 Å². The molecule has 19 heavy (non-hydrogen) atoms. The number of benzene rings is 1. The Morgan fingerprint density at radius 1 is 1.16 bits per heavy atom. The van der Waals surface area contributed by atoms with Crippen molar-refractivity contribution >= 4 is 11.3 Å². The summed E-state index contributed by atoms with van der Waals surface area (Å²) in [5.74, 6) is -2.75. The van der Waals surface area contributed by atoms with Crippen molar-refractivity contribution in [2.75, 3.05) is 0 Å². The van der Waals surface area contributed by atoms with Crippen molar-refractivity contribution in [1.82, 2.24) is 4.98 Å². The second-order valence-corrected chi connectivity index (χ2v) is 5.13. The van der Waals surface area contributed by atoms with Crippen LogP contribution in [-0.2, 0) is 0 Å². The Morgan fingerprint density at radius 3 is 2.47 bits per heavy atom. The summed E-state index contributed by atoms with van der Waals surface area (Å²) in [7, 11) is 0. The van der Waals surface area contributed by atoms with E-state index in [1.165, 1.54) is 11.3 Å². The average molecular weight is 281 g/mol. The van der Waals surface area contributed by atoms with Crippen LogP contribution in [0.5, 0.6) is 0 Å². The van der Waals surface area contributed by atoms with Crippen molar-refractivity contribution < 1.29 is 20.4 Å². The second-order valence-electron chi connectivity index (χ2n) is 4.27. The summed E-state index contributed by atoms with van der Waals surface area (Å²) in [4.78, 5) is 4.30. The smallest absolute Gasteiger partial charge is 0.275 e. The highest BCUT2D eigenvalue weighted by Gasteiger charge is 2.21. The third-order valence-electron chi connectivity index (χ3n) is 2.64. The number of nitrogens with zero attached hydrogens (tertiary/aromatic N) is 1. The first kappa shape index (κ1) is 14.1. The van der Waals surface area contributed by atoms with Gasteiger partial charge in [0, 0.05) is 17.4 Å². The zero-order valence-corrected chi connectivity index (χ0v) is 10.9. The average Bonchev–Trinajstić information content (AvgIpc) is 2.86. The van der Waals surface area contributed by atoms with Crippen LogP contribution in [0.3, 0.4) is 0 Å². The van der Waals surface area contributed by atoms with Gasteiger partial charge in [0.15, 0.2) is 0 Å². The molecule has 0 aliphatic rings. The van der Waals surface area contributed by atoms with E-state index in [9.17, 15) is 5.11 Å². The zero-order valence-electron chi connectivity index (χ0n) is 10.1. The van der Waals surface area contributed by atoms with Crippen molar-refractivity contribution in [2.45, 2.75) is 24.9 Å². The van der Waals surface area contributed by atoms with Gasteiger partial charge in [0.25, 0.3) is 5.97 Å². The number of thiazole rings is 1. The van der Waals surface area contributed by atoms with Gasteiger partial charge in [-0.1, -0.05) is 30.3 Å². The van der Waals surface area contributed by atoms with Crippen LogP contribution in [0, 0.1) is 0 Å². The summed E-state index contributed by atoms with van der Waals surface area (Å²) in [6.45, 7) is 0. The predicted molar refractivity (Wildman–Crippen MR) is 71.1 cm³/mol. The molecule has 1 aromatic heterocycles. The summed E-state index contributed by atoms with van der Waals surface area (Å²) < 4.78 is 0. The van der Waals surface area contributed by atoms with Crippen molar-refractivity contribution in [1.29, 1.82) is 0 Å². The van der Waals surface area contributed by atoms with E-state index in [4.69, 9.17) is 15.3 Å². The van der Waals surface area contributed by atoms with Crippen molar-refractivity contribution in [2.24, 2.45) is 0 Å². The molecule has 1 aromatic carbocycles. The topological polar surface area (TPSA) is 93.8 Å². The van der Waals surface area contributed by atoms with Gasteiger partial charge < -0.3 is 20.4 Å². The highest BCUT2D eigenvalue weighted by atomic mass is 32.1. The van der Waals surface area contributed by atoms with Gasteiger partial charge in [0.1, 0.15) is 5.01 Å². The number of rotatable bonds is 5. The lowest BCUT2D eigenvalue weighted by atomic mass is 10.1. The Morgan fingerprint density at radius 2 is 1.84 bits per heavy atom. The summed E-state index contributed by atoms with van der Waals surface area (Å²) in [6, 6.07) is 9.58. The van der Waals surface area contributed by atoms with E-state index >= 15 is 0 Å². The Kier molecular flexibility index (Phi) is 4.28. The van der Waals surface area contributed by atoms with Crippen LogP contribution in [0.25, 0.3) is 10.6 Å². The Labute approximate surface area is 114 Å². The normalized spacial score (nSPS) is 13.5. The van der Waals surface area contributed by atoms with Crippen molar-refractivity contribution in [3.63, 3.8) is 0 Å². The van der Waals surface area contributed by atoms with Crippen molar-refractivity contribution in [3.05, 3.63) is 41.4 Å². The number of hydrogen-bond donors (Lipinski definition) is 4. The monoisotopic (exact) mass is 281 g/mol. The van der Waals surface area contributed by atoms with Gasteiger partial charge in [-0.3, -0.25) is 0 Å². The molecule has 1 atom stereocenters. The minimum absolute atomic E-state index is 0.0153. The van der Waals surface area contributed by atoms with Crippen LogP contribution in [0.15, 0.2) is 35.7 Å². The second kappa shape index (κ2) is 5.77. The number of aliphatic hydroxyl groups excluding tert-OH is 1. The maximum Gasteiger partial charge on any atom is 0.275 e. The maximum atomic E-state index is 9.85. The minimum Gasteiger partial charge on any atom is -0.387 e. The van der Waals surface area contributed by atoms with E-state index in [2.05, 4.69) is 4.98 Å². The summed E-state index contributed by atoms with van der Waals surface area (Å²) in [5, 5.41) is 38.7. The molecule has 0 amide bonds. The van der Waals surface area contributed by atoms with Crippen LogP contribution in [0.2, 0.25) is 0 Å². The van der Waals surface area contributed by atoms with Gasteiger partial charge in [-0.15, -0.1) is 11.3 Å². The molecule has 4 N–H and O–H groups in total. The fourth-order valence-corrected chi connectivity index (χ4v) is 2.50. The van der Waals surface area contributed by atoms with Gasteiger partial charge >= 0.3 is 0 Å². The third-order valence-corrected chi connectivity index (χ3v) is 3.55. The SMILES string of the molecule is OC(CCC(O)(O)O)c1csc(-c2ccccc2)n1. The van der Waals surface area contributed by atoms with Gasteiger partial charge in [-0.05, 0) is 6.42 Å². The van der Waals surface area contributed by atoms with Gasteiger partial charge in [-0.25, -0.2) is 4.98 Å². The largest absolute Gasteiger partial charge is 0.387 e. The van der Waals surface area contributed by atoms with E-state index in [0.717, 1.165) is 10.6 Å². The molecule has 0 saturated heterocycles. The van der Waals surface area contributed by atoms with Crippen LogP contribution in [-0.4, -0.2) is 31.4 Å². The Hall–Kier alpha value is -1.31. The molecule has 0 aliphatic carbocycles. The molecule has 0 saturated carbocycles. The standard InChI is InChI=1S/C13H15NO4S/c15-11(6-7-13(16,17)18)10-8-19-12(14-10)9-4-2-1-3-5-9/h1-5,8,11,15-18H,6-7H2. The van der Waals surface area contributed by atoms with Gasteiger partial charge in [0.05, 0.1) is 11.8 Å². The van der Waals surface area contributed by atoms with Gasteiger partial charge in [0.2, 0.25) is 0 Å². The highest BCUT2D eigenvalue weighted by molar-refractivity contribution is 7.13. The van der Waals surface area contributed by atoms with Crippen LogP contribution < -0.4 is 0 Å². The Balaban J connectivity index is 2.05. The first-order valence-corrected chi connectivity index (χ1v) is 6.70. The molecular formula is C13H15NO4S. The lowest BCUT2D eigenvalue weighted by Gasteiger charge is -2.15. The maximum absolute atomic E-state index is 9.85. The van der Waals surface area contributed by atoms with E-state index in [1.54, 1.807) is 5.38 Å². The number of hydrogen-bond acceptors (Lipinski definition) is 6. The molecule has 0 bridgehead atoms. The lowest BCUT2D eigenvalue weighted by Crippen LogP contribution is -2.27. The zero-order chi connectivity index (χ0) is 13.9. The molecule has 1 unspecified atom stereocenters. The first-order valence-electron chi connectivity index (χ1n) is 5.82. The molecule has 5 nitrogen and oxygen atoms in total. The van der Waals surface area contributed by atoms with Gasteiger partial charge in [-0.2, -0.15) is 0 Å². The fraction of sp³-hybridized carbons (Fsp3) is 0.308. The molecule has 2 aromatic rings. The summed E-state index contributed by atoms with van der Waals surface area (Å²) >= 11 is 1.41. The quantitative estimate of drug-likeness (QED) is 0.619. The van der Waals surface area contributed by atoms with Crippen LogP contribution >= 0.6 is 11.3 Å². The van der Waals surface area contributed by atoms with E-state index < -0.39 is 12.1 Å². The first-order chi connectivity index (χ1) is 8.96. The molecular weight excluding hydrogens is 266 g/mol. The summed E-state index contributed by atoms with van der Waals surface area (Å²) in [6.07, 6.45) is -1.26. The number of aromatic nitrogens is 1. The molecule has 0 radical (unpaired) electrons. The van der Waals surface area contributed by atoms with Crippen LogP contribution in [0.4, 0.5) is 0 Å². The Bertz CT molecular complexity index is 521. The van der Waals surface area contributed by atoms with E-state index in [1.807, 2.05) is 30.3 Å². The van der Waals surface area contributed by atoms with Crippen molar-refractivity contribution in [3.8, 4) is 10.6 Å². The van der Waals surface area contributed by atoms with E-state index in [0.29, 0.717) is 5.69 Å². The van der Waals surface area contributed by atoms with E-state index in [-0.39, 0.29) is 12.8 Å². The number of aliphatic hydroxyl groups is 4. The summed E-state index contributed by atoms with van der Waals surface area (Å²) in [5.41, 5.74) is 1.43.